The molecule has 0 saturated carbocycles. The van der Waals surface area contributed by atoms with Crippen molar-refractivity contribution in [2.45, 2.75) is 6.42 Å². The zero-order valence-electron chi connectivity index (χ0n) is 8.83. The van der Waals surface area contributed by atoms with Gasteiger partial charge in [-0.1, -0.05) is 15.9 Å². The summed E-state index contributed by atoms with van der Waals surface area (Å²) in [6.45, 7) is 0.279. The highest BCUT2D eigenvalue weighted by atomic mass is 79.9. The van der Waals surface area contributed by atoms with Crippen LogP contribution in [0.5, 0.6) is 0 Å². The molecule has 0 aliphatic carbocycles. The van der Waals surface area contributed by atoms with Crippen LogP contribution >= 0.6 is 15.9 Å². The predicted molar refractivity (Wildman–Crippen MR) is 63.1 cm³/mol. The Kier molecular flexibility index (Phi) is 4.98. The van der Waals surface area contributed by atoms with Crippen molar-refractivity contribution in [3.63, 3.8) is 0 Å². The van der Waals surface area contributed by atoms with Gasteiger partial charge in [0.2, 0.25) is 0 Å². The summed E-state index contributed by atoms with van der Waals surface area (Å²) in [5.74, 6) is -0.535. The van der Waals surface area contributed by atoms with E-state index in [9.17, 15) is 9.59 Å². The molecular weight excluding hydrogens is 274 g/mol. The second-order valence-corrected chi connectivity index (χ2v) is 4.00. The van der Waals surface area contributed by atoms with Gasteiger partial charge in [0.15, 0.2) is 0 Å². The molecule has 0 bridgehead atoms. The Bertz CT molecular complexity index is 375. The number of hydrogen-bond donors (Lipinski definition) is 1. The lowest BCUT2D eigenvalue weighted by atomic mass is 10.2. The molecule has 1 N–H and O–H groups in total. The van der Waals surface area contributed by atoms with Crippen LogP contribution in [-0.2, 0) is 9.53 Å². The van der Waals surface area contributed by atoms with Gasteiger partial charge in [0, 0.05) is 16.6 Å². The lowest BCUT2D eigenvalue weighted by Gasteiger charge is -2.04. The molecular formula is C11H12BrNO3. The van der Waals surface area contributed by atoms with Gasteiger partial charge in [-0.05, 0) is 24.3 Å². The molecule has 0 radical (unpaired) electrons. The molecule has 0 heterocycles. The first-order valence-corrected chi connectivity index (χ1v) is 5.53. The van der Waals surface area contributed by atoms with Gasteiger partial charge in [0.1, 0.15) is 0 Å². The van der Waals surface area contributed by atoms with Crippen LogP contribution in [-0.4, -0.2) is 25.5 Å². The first kappa shape index (κ1) is 12.7. The number of nitrogens with one attached hydrogen (secondary N) is 1. The molecule has 0 aliphatic heterocycles. The van der Waals surface area contributed by atoms with Crippen LogP contribution in [0.15, 0.2) is 28.7 Å². The number of carbonyl (C=O) groups excluding carboxylic acids is 2. The van der Waals surface area contributed by atoms with E-state index in [-0.39, 0.29) is 24.8 Å². The maximum atomic E-state index is 11.5. The van der Waals surface area contributed by atoms with Crippen molar-refractivity contribution < 1.29 is 14.3 Å². The molecule has 0 saturated heterocycles. The fourth-order valence-corrected chi connectivity index (χ4v) is 1.35. The van der Waals surface area contributed by atoms with Crippen molar-refractivity contribution in [3.8, 4) is 0 Å². The first-order chi connectivity index (χ1) is 7.63. The molecule has 1 aromatic carbocycles. The lowest BCUT2D eigenvalue weighted by Crippen LogP contribution is -2.26. The third kappa shape index (κ3) is 4.02. The fourth-order valence-electron chi connectivity index (χ4n) is 1.08. The van der Waals surface area contributed by atoms with Crippen LogP contribution in [0.2, 0.25) is 0 Å². The van der Waals surface area contributed by atoms with Crippen LogP contribution < -0.4 is 5.32 Å². The van der Waals surface area contributed by atoms with Gasteiger partial charge in [0.05, 0.1) is 13.5 Å². The van der Waals surface area contributed by atoms with Gasteiger partial charge in [-0.2, -0.15) is 0 Å². The van der Waals surface area contributed by atoms with E-state index < -0.39 is 0 Å². The average Bonchev–Trinajstić information content (AvgIpc) is 2.29. The van der Waals surface area contributed by atoms with Crippen LogP contribution in [0.25, 0.3) is 0 Å². The van der Waals surface area contributed by atoms with Gasteiger partial charge in [0.25, 0.3) is 5.91 Å². The summed E-state index contributed by atoms with van der Waals surface area (Å²) < 4.78 is 5.37. The topological polar surface area (TPSA) is 55.4 Å². The summed E-state index contributed by atoms with van der Waals surface area (Å²) in [5, 5.41) is 2.63. The number of halogens is 1. The number of amides is 1. The minimum absolute atomic E-state index is 0.179. The summed E-state index contributed by atoms with van der Waals surface area (Å²) in [4.78, 5) is 22.3. The second-order valence-electron chi connectivity index (χ2n) is 3.09. The Morgan fingerprint density at radius 3 is 2.50 bits per heavy atom. The highest BCUT2D eigenvalue weighted by Crippen LogP contribution is 2.10. The minimum atomic E-state index is -0.337. The SMILES string of the molecule is COC(=O)CCNC(=O)c1ccc(Br)cc1. The van der Waals surface area contributed by atoms with Crippen molar-refractivity contribution in [2.24, 2.45) is 0 Å². The van der Waals surface area contributed by atoms with Crippen molar-refractivity contribution >= 4 is 27.8 Å². The van der Waals surface area contributed by atoms with E-state index in [1.807, 2.05) is 0 Å². The van der Waals surface area contributed by atoms with Crippen LogP contribution in [0, 0.1) is 0 Å². The number of rotatable bonds is 4. The highest BCUT2D eigenvalue weighted by molar-refractivity contribution is 9.10. The summed E-state index contributed by atoms with van der Waals surface area (Å²) in [6, 6.07) is 6.99. The Morgan fingerprint density at radius 2 is 1.94 bits per heavy atom. The molecule has 0 aliphatic rings. The fraction of sp³-hybridized carbons (Fsp3) is 0.273. The van der Waals surface area contributed by atoms with Crippen molar-refractivity contribution in [3.05, 3.63) is 34.3 Å². The molecule has 0 spiro atoms. The Labute approximate surface area is 102 Å². The zero-order valence-corrected chi connectivity index (χ0v) is 10.4. The first-order valence-electron chi connectivity index (χ1n) is 4.74. The van der Waals surface area contributed by atoms with E-state index in [4.69, 9.17) is 0 Å². The molecule has 86 valence electrons. The van der Waals surface area contributed by atoms with Crippen LogP contribution in [0.3, 0.4) is 0 Å². The van der Waals surface area contributed by atoms with Gasteiger partial charge < -0.3 is 10.1 Å². The third-order valence-electron chi connectivity index (χ3n) is 1.95. The smallest absolute Gasteiger partial charge is 0.307 e. The monoisotopic (exact) mass is 285 g/mol. The van der Waals surface area contributed by atoms with Crippen molar-refractivity contribution in [1.82, 2.24) is 5.32 Å². The molecule has 4 nitrogen and oxygen atoms in total. The molecule has 0 fully saturated rings. The second kappa shape index (κ2) is 6.27. The van der Waals surface area contributed by atoms with E-state index in [0.717, 1.165) is 4.47 Å². The summed E-state index contributed by atoms with van der Waals surface area (Å²) in [6.07, 6.45) is 0.179. The Hall–Kier alpha value is -1.36. The van der Waals surface area contributed by atoms with Crippen LogP contribution in [0.4, 0.5) is 0 Å². The molecule has 1 aromatic rings. The van der Waals surface area contributed by atoms with Gasteiger partial charge >= 0.3 is 5.97 Å². The van der Waals surface area contributed by atoms with Crippen molar-refractivity contribution in [1.29, 1.82) is 0 Å². The molecule has 5 heteroatoms. The van der Waals surface area contributed by atoms with Gasteiger partial charge in [-0.15, -0.1) is 0 Å². The van der Waals surface area contributed by atoms with E-state index in [0.29, 0.717) is 5.56 Å². The standard InChI is InChI=1S/C11H12BrNO3/c1-16-10(14)6-7-13-11(15)8-2-4-9(12)5-3-8/h2-5H,6-7H2,1H3,(H,13,15). The Morgan fingerprint density at radius 1 is 1.31 bits per heavy atom. The van der Waals surface area contributed by atoms with E-state index in [2.05, 4.69) is 26.0 Å². The molecule has 16 heavy (non-hydrogen) atoms. The third-order valence-corrected chi connectivity index (χ3v) is 2.48. The van der Waals surface area contributed by atoms with E-state index in [1.54, 1.807) is 24.3 Å². The summed E-state index contributed by atoms with van der Waals surface area (Å²) in [7, 11) is 1.32. The summed E-state index contributed by atoms with van der Waals surface area (Å²) in [5.41, 5.74) is 0.563. The lowest BCUT2D eigenvalue weighted by molar-refractivity contribution is -0.140. The molecule has 0 unspecified atom stereocenters. The summed E-state index contributed by atoms with van der Waals surface area (Å²) >= 11 is 3.28. The largest absolute Gasteiger partial charge is 0.469 e. The Balaban J connectivity index is 2.41. The van der Waals surface area contributed by atoms with Crippen molar-refractivity contribution in [2.75, 3.05) is 13.7 Å². The minimum Gasteiger partial charge on any atom is -0.469 e. The molecule has 1 amide bonds. The van der Waals surface area contributed by atoms with Gasteiger partial charge in [-0.3, -0.25) is 9.59 Å². The predicted octanol–water partition coefficient (Wildman–Crippen LogP) is 1.74. The number of benzene rings is 1. The quantitative estimate of drug-likeness (QED) is 0.858. The zero-order chi connectivity index (χ0) is 12.0. The van der Waals surface area contributed by atoms with E-state index in [1.165, 1.54) is 7.11 Å². The highest BCUT2D eigenvalue weighted by Gasteiger charge is 2.05. The number of hydrogen-bond acceptors (Lipinski definition) is 3. The molecule has 1 rings (SSSR count). The van der Waals surface area contributed by atoms with E-state index >= 15 is 0 Å². The van der Waals surface area contributed by atoms with Crippen LogP contribution in [0.1, 0.15) is 16.8 Å². The maximum Gasteiger partial charge on any atom is 0.307 e. The number of methoxy groups -OCH3 is 1. The average molecular weight is 286 g/mol. The normalized spacial score (nSPS) is 9.62. The maximum absolute atomic E-state index is 11.5. The number of ether oxygens (including phenoxy) is 1. The molecule has 0 atom stereocenters. The van der Waals surface area contributed by atoms with Gasteiger partial charge in [-0.25, -0.2) is 0 Å². The molecule has 0 aromatic heterocycles. The number of esters is 1. The number of carbonyl (C=O) groups is 2.